The van der Waals surface area contributed by atoms with E-state index in [2.05, 4.69) is 4.98 Å². The lowest BCUT2D eigenvalue weighted by atomic mass is 10.1. The van der Waals surface area contributed by atoms with Crippen LogP contribution >= 0.6 is 11.6 Å². The monoisotopic (exact) mass is 353 g/mol. The maximum atomic E-state index is 10.1. The Morgan fingerprint density at radius 1 is 1.00 bits per heavy atom. The molecule has 1 aromatic heterocycles. The Hall–Kier alpha value is -2.36. The number of nitrogens with zero attached hydrogens (tertiary/aromatic N) is 1. The van der Waals surface area contributed by atoms with Crippen LogP contribution in [-0.2, 0) is 6.42 Å². The Labute approximate surface area is 152 Å². The van der Waals surface area contributed by atoms with Crippen LogP contribution in [0.15, 0.2) is 73.1 Å². The van der Waals surface area contributed by atoms with E-state index in [0.717, 1.165) is 23.1 Å². The average molecular weight is 354 g/mol. The van der Waals surface area contributed by atoms with Gasteiger partial charge in [-0.05, 0) is 47.7 Å². The summed E-state index contributed by atoms with van der Waals surface area (Å²) in [7, 11) is 0. The molecule has 25 heavy (non-hydrogen) atoms. The zero-order chi connectivity index (χ0) is 17.5. The molecule has 0 unspecified atom stereocenters. The number of hydrogen-bond donors (Lipinski definition) is 1. The van der Waals surface area contributed by atoms with Gasteiger partial charge in [0.2, 0.25) is 0 Å². The Morgan fingerprint density at radius 3 is 2.56 bits per heavy atom. The van der Waals surface area contributed by atoms with E-state index in [0.29, 0.717) is 17.2 Å². The first kappa shape index (κ1) is 17.5. The summed E-state index contributed by atoms with van der Waals surface area (Å²) in [6.45, 7) is 0.213. The predicted molar refractivity (Wildman–Crippen MR) is 101 cm³/mol. The number of hydrogen-bond acceptors (Lipinski definition) is 3. The molecule has 0 bridgehead atoms. The summed E-state index contributed by atoms with van der Waals surface area (Å²) >= 11 is 6.32. The minimum atomic E-state index is -0.551. The Bertz CT molecular complexity index is 794. The number of aryl methyl sites for hydroxylation is 1. The van der Waals surface area contributed by atoms with Crippen LogP contribution in [0.3, 0.4) is 0 Å². The van der Waals surface area contributed by atoms with Crippen LogP contribution in [0.25, 0.3) is 11.1 Å². The largest absolute Gasteiger partial charge is 0.489 e. The quantitative estimate of drug-likeness (QED) is 0.665. The number of benzene rings is 2. The van der Waals surface area contributed by atoms with Crippen LogP contribution < -0.4 is 4.74 Å². The molecule has 1 heterocycles. The van der Waals surface area contributed by atoms with E-state index < -0.39 is 6.10 Å². The van der Waals surface area contributed by atoms with Crippen molar-refractivity contribution in [3.63, 3.8) is 0 Å². The van der Waals surface area contributed by atoms with Gasteiger partial charge in [0.15, 0.2) is 0 Å². The van der Waals surface area contributed by atoms with Gasteiger partial charge in [0.25, 0.3) is 0 Å². The molecule has 0 aliphatic rings. The first-order valence-corrected chi connectivity index (χ1v) is 8.65. The average Bonchev–Trinajstić information content (AvgIpc) is 2.67. The van der Waals surface area contributed by atoms with E-state index in [1.54, 1.807) is 6.20 Å². The van der Waals surface area contributed by atoms with Crippen molar-refractivity contribution in [2.24, 2.45) is 0 Å². The fraction of sp³-hybridized carbons (Fsp3) is 0.190. The molecule has 3 nitrogen and oxygen atoms in total. The van der Waals surface area contributed by atoms with E-state index in [9.17, 15) is 5.11 Å². The molecular weight excluding hydrogens is 334 g/mol. The third-order valence-corrected chi connectivity index (χ3v) is 4.25. The number of aromatic nitrogens is 1. The van der Waals surface area contributed by atoms with E-state index in [-0.39, 0.29) is 6.61 Å². The smallest absolute Gasteiger partial charge is 0.138 e. The molecule has 0 radical (unpaired) electrons. The first-order valence-electron chi connectivity index (χ1n) is 8.27. The van der Waals surface area contributed by atoms with E-state index in [1.165, 1.54) is 0 Å². The highest BCUT2D eigenvalue weighted by Crippen LogP contribution is 2.30. The number of aliphatic hydroxyl groups is 1. The molecule has 1 N–H and O–H groups in total. The van der Waals surface area contributed by atoms with Crippen LogP contribution in [0, 0.1) is 0 Å². The second-order valence-electron chi connectivity index (χ2n) is 5.88. The minimum Gasteiger partial charge on any atom is -0.489 e. The summed E-state index contributed by atoms with van der Waals surface area (Å²) in [5, 5.41) is 10.6. The van der Waals surface area contributed by atoms with Gasteiger partial charge in [0.1, 0.15) is 12.4 Å². The molecule has 0 aliphatic heterocycles. The van der Waals surface area contributed by atoms with Gasteiger partial charge >= 0.3 is 0 Å². The number of pyridine rings is 1. The molecule has 0 aliphatic carbocycles. The van der Waals surface area contributed by atoms with E-state index >= 15 is 0 Å². The summed E-state index contributed by atoms with van der Waals surface area (Å²) in [5.74, 6) is 0.585. The fourth-order valence-electron chi connectivity index (χ4n) is 2.58. The van der Waals surface area contributed by atoms with E-state index in [1.807, 2.05) is 66.9 Å². The maximum absolute atomic E-state index is 10.1. The molecule has 128 valence electrons. The van der Waals surface area contributed by atoms with Gasteiger partial charge in [-0.25, -0.2) is 0 Å². The molecule has 0 spiro atoms. The van der Waals surface area contributed by atoms with Crippen molar-refractivity contribution in [1.29, 1.82) is 0 Å². The Kier molecular flexibility index (Phi) is 6.04. The third kappa shape index (κ3) is 5.05. The minimum absolute atomic E-state index is 0.213. The highest BCUT2D eigenvalue weighted by atomic mass is 35.5. The van der Waals surface area contributed by atoms with Crippen LogP contribution in [0.2, 0.25) is 5.02 Å². The molecule has 3 aromatic rings. The van der Waals surface area contributed by atoms with Crippen LogP contribution in [0.4, 0.5) is 0 Å². The third-order valence-electron chi connectivity index (χ3n) is 3.96. The molecule has 0 saturated heterocycles. The fourth-order valence-corrected chi connectivity index (χ4v) is 2.81. The van der Waals surface area contributed by atoms with Gasteiger partial charge in [-0.3, -0.25) is 4.98 Å². The summed E-state index contributed by atoms with van der Waals surface area (Å²) in [5.41, 5.74) is 3.24. The molecule has 3 rings (SSSR count). The molecule has 4 heteroatoms. The maximum Gasteiger partial charge on any atom is 0.138 e. The second kappa shape index (κ2) is 8.65. The summed E-state index contributed by atoms with van der Waals surface area (Å²) in [6.07, 6.45) is 4.38. The molecule has 0 saturated carbocycles. The number of rotatable bonds is 7. The summed E-state index contributed by atoms with van der Waals surface area (Å²) < 4.78 is 5.68. The van der Waals surface area contributed by atoms with Crippen molar-refractivity contribution in [2.45, 2.75) is 18.9 Å². The molecule has 0 amide bonds. The van der Waals surface area contributed by atoms with Gasteiger partial charge in [0, 0.05) is 12.4 Å². The van der Waals surface area contributed by atoms with Crippen molar-refractivity contribution in [2.75, 3.05) is 6.61 Å². The van der Waals surface area contributed by atoms with Gasteiger partial charge < -0.3 is 9.84 Å². The molecule has 1 atom stereocenters. The lowest BCUT2D eigenvalue weighted by Crippen LogP contribution is -2.18. The normalized spacial score (nSPS) is 11.9. The number of aliphatic hydroxyl groups excluding tert-OH is 1. The molecular formula is C21H20ClNO2. The van der Waals surface area contributed by atoms with Crippen LogP contribution in [0.5, 0.6) is 5.75 Å². The number of ether oxygens (including phenoxy) is 1. The summed E-state index contributed by atoms with van der Waals surface area (Å²) in [6, 6.07) is 19.6. The number of halogens is 1. The van der Waals surface area contributed by atoms with E-state index in [4.69, 9.17) is 16.3 Å². The van der Waals surface area contributed by atoms with Crippen molar-refractivity contribution in [1.82, 2.24) is 4.98 Å². The highest BCUT2D eigenvalue weighted by molar-refractivity contribution is 6.32. The van der Waals surface area contributed by atoms with Crippen molar-refractivity contribution >= 4 is 11.6 Å². The van der Waals surface area contributed by atoms with Gasteiger partial charge in [-0.1, -0.05) is 54.1 Å². The van der Waals surface area contributed by atoms with Gasteiger partial charge in [0.05, 0.1) is 11.1 Å². The summed E-state index contributed by atoms with van der Waals surface area (Å²) in [4.78, 5) is 4.07. The molecule has 0 fully saturated rings. The zero-order valence-electron chi connectivity index (χ0n) is 13.8. The topological polar surface area (TPSA) is 42.4 Å². The van der Waals surface area contributed by atoms with Crippen molar-refractivity contribution in [3.8, 4) is 16.9 Å². The standard InChI is InChI=1S/C21H20ClNO2/c22-20-13-18(17-6-2-1-3-7-17)9-11-21(20)25-15-19(24)10-8-16-5-4-12-23-14-16/h1-7,9,11-14,19,24H,8,10,15H2/t19-/m1/s1. The van der Waals surface area contributed by atoms with Gasteiger partial charge in [-0.15, -0.1) is 0 Å². The Balaban J connectivity index is 1.54. The first-order chi connectivity index (χ1) is 12.2. The van der Waals surface area contributed by atoms with Crippen LogP contribution in [0.1, 0.15) is 12.0 Å². The van der Waals surface area contributed by atoms with Crippen molar-refractivity contribution in [3.05, 3.63) is 83.6 Å². The Morgan fingerprint density at radius 2 is 1.84 bits per heavy atom. The SMILES string of the molecule is O[C@H](CCc1cccnc1)COc1ccc(-c2ccccc2)cc1Cl. The predicted octanol–water partition coefficient (Wildman–Crippen LogP) is 4.77. The van der Waals surface area contributed by atoms with Crippen molar-refractivity contribution < 1.29 is 9.84 Å². The second-order valence-corrected chi connectivity index (χ2v) is 6.28. The molecule has 2 aromatic carbocycles. The van der Waals surface area contributed by atoms with Gasteiger partial charge in [-0.2, -0.15) is 0 Å². The zero-order valence-corrected chi connectivity index (χ0v) is 14.6. The lowest BCUT2D eigenvalue weighted by Gasteiger charge is -2.14. The lowest BCUT2D eigenvalue weighted by molar-refractivity contribution is 0.100. The highest BCUT2D eigenvalue weighted by Gasteiger charge is 2.09. The van der Waals surface area contributed by atoms with Crippen LogP contribution in [-0.4, -0.2) is 22.8 Å².